The molecule has 4 nitrogen and oxygen atoms in total. The zero-order chi connectivity index (χ0) is 30.1. The molecular weight excluding hydrogens is 559 g/mol. The summed E-state index contributed by atoms with van der Waals surface area (Å²) >= 11 is 13.1. The number of nitrogens with zero attached hydrogens (tertiary/aromatic N) is 4. The number of pyridine rings is 2. The number of rotatable bonds is 6. The Bertz CT molecular complexity index is 1580. The Morgan fingerprint density at radius 1 is 0.762 bits per heavy atom. The van der Waals surface area contributed by atoms with Crippen LogP contribution in [0, 0.1) is 41.5 Å². The van der Waals surface area contributed by atoms with Crippen molar-refractivity contribution in [3.05, 3.63) is 139 Å². The van der Waals surface area contributed by atoms with Crippen molar-refractivity contribution >= 4 is 34.6 Å². The number of allylic oxidation sites excluding steroid dienone is 3. The molecule has 0 N–H and O–H groups in total. The number of anilines is 2. The van der Waals surface area contributed by atoms with Crippen LogP contribution >= 0.6 is 23.2 Å². The lowest BCUT2D eigenvalue weighted by molar-refractivity contribution is 0.899. The van der Waals surface area contributed by atoms with Gasteiger partial charge in [-0.2, -0.15) is 0 Å². The fourth-order valence-electron chi connectivity index (χ4n) is 6.41. The molecule has 1 unspecified atom stereocenters. The quantitative estimate of drug-likeness (QED) is 0.222. The highest BCUT2D eigenvalue weighted by molar-refractivity contribution is 6.42. The van der Waals surface area contributed by atoms with Crippen molar-refractivity contribution in [3.8, 4) is 0 Å². The minimum absolute atomic E-state index is 0.261. The van der Waals surface area contributed by atoms with Crippen LogP contribution in [0.4, 0.5) is 11.4 Å². The summed E-state index contributed by atoms with van der Waals surface area (Å²) in [7, 11) is 0. The van der Waals surface area contributed by atoms with E-state index in [4.69, 9.17) is 23.2 Å². The summed E-state index contributed by atoms with van der Waals surface area (Å²) in [4.78, 5) is 14.3. The SMILES string of the molecule is CC(=CC(c1ccccn1)c1nccc(Cl)c1Cl)C=C1N(c2c(C)cc(C)cc2C)CCN1c1c(C)cc(C)cc1C. The molecule has 216 valence electrons. The molecule has 0 amide bonds. The summed E-state index contributed by atoms with van der Waals surface area (Å²) in [6.45, 7) is 17.1. The Hall–Kier alpha value is -3.60. The lowest BCUT2D eigenvalue weighted by Crippen LogP contribution is -2.25. The fourth-order valence-corrected chi connectivity index (χ4v) is 6.79. The molecule has 1 fully saturated rings. The molecule has 5 rings (SSSR count). The van der Waals surface area contributed by atoms with Crippen LogP contribution in [0.3, 0.4) is 0 Å². The van der Waals surface area contributed by atoms with E-state index in [1.54, 1.807) is 18.5 Å². The largest absolute Gasteiger partial charge is 0.325 e. The lowest BCUT2D eigenvalue weighted by atomic mass is 9.96. The molecule has 1 aliphatic heterocycles. The number of hydrogen-bond acceptors (Lipinski definition) is 4. The molecule has 0 aliphatic carbocycles. The first-order chi connectivity index (χ1) is 20.0. The number of aromatic nitrogens is 2. The molecule has 42 heavy (non-hydrogen) atoms. The van der Waals surface area contributed by atoms with E-state index in [0.717, 1.165) is 30.2 Å². The summed E-state index contributed by atoms with van der Waals surface area (Å²) in [5.74, 6) is 0.891. The zero-order valence-electron chi connectivity index (χ0n) is 25.5. The van der Waals surface area contributed by atoms with Gasteiger partial charge in [0, 0.05) is 36.9 Å². The predicted octanol–water partition coefficient (Wildman–Crippen LogP) is 9.58. The molecule has 1 aliphatic rings. The van der Waals surface area contributed by atoms with Gasteiger partial charge in [-0.1, -0.05) is 76.3 Å². The van der Waals surface area contributed by atoms with Gasteiger partial charge in [-0.15, -0.1) is 0 Å². The molecule has 0 saturated carbocycles. The smallest absolute Gasteiger partial charge is 0.113 e. The van der Waals surface area contributed by atoms with Crippen molar-refractivity contribution < 1.29 is 0 Å². The molecule has 1 saturated heterocycles. The third-order valence-electron chi connectivity index (χ3n) is 7.87. The molecule has 1 atom stereocenters. The Balaban J connectivity index is 1.69. The van der Waals surface area contributed by atoms with E-state index in [1.807, 2.05) is 18.2 Å². The van der Waals surface area contributed by atoms with Crippen LogP contribution < -0.4 is 9.80 Å². The van der Waals surface area contributed by atoms with E-state index in [0.29, 0.717) is 15.7 Å². The normalized spacial score (nSPS) is 14.5. The van der Waals surface area contributed by atoms with Gasteiger partial charge in [0.1, 0.15) is 5.82 Å². The van der Waals surface area contributed by atoms with E-state index in [-0.39, 0.29) is 5.92 Å². The fraction of sp³-hybridized carbons (Fsp3) is 0.278. The second-order valence-corrected chi connectivity index (χ2v) is 12.2. The van der Waals surface area contributed by atoms with E-state index >= 15 is 0 Å². The molecule has 2 aromatic carbocycles. The number of hydrogen-bond donors (Lipinski definition) is 0. The van der Waals surface area contributed by atoms with Gasteiger partial charge in [-0.05, 0) is 95.0 Å². The van der Waals surface area contributed by atoms with Gasteiger partial charge in [0.05, 0.1) is 27.4 Å². The number of benzene rings is 2. The van der Waals surface area contributed by atoms with Crippen molar-refractivity contribution in [1.29, 1.82) is 0 Å². The van der Waals surface area contributed by atoms with Crippen LogP contribution in [0.1, 0.15) is 57.6 Å². The summed E-state index contributed by atoms with van der Waals surface area (Å²) < 4.78 is 0. The van der Waals surface area contributed by atoms with Gasteiger partial charge in [-0.25, -0.2) is 0 Å². The highest BCUT2D eigenvalue weighted by Gasteiger charge is 2.31. The summed E-state index contributed by atoms with van der Waals surface area (Å²) in [5, 5.41) is 0.934. The Morgan fingerprint density at radius 2 is 1.31 bits per heavy atom. The van der Waals surface area contributed by atoms with Gasteiger partial charge in [-0.3, -0.25) is 9.97 Å². The maximum absolute atomic E-state index is 6.71. The predicted molar refractivity (Wildman–Crippen MR) is 178 cm³/mol. The van der Waals surface area contributed by atoms with Crippen LogP contribution in [-0.4, -0.2) is 23.1 Å². The number of halogens is 2. The summed E-state index contributed by atoms with van der Waals surface area (Å²) in [6.07, 6.45) is 7.99. The number of aryl methyl sites for hydroxylation is 6. The van der Waals surface area contributed by atoms with E-state index in [9.17, 15) is 0 Å². The Morgan fingerprint density at radius 3 is 1.81 bits per heavy atom. The van der Waals surface area contributed by atoms with Crippen LogP contribution in [0.2, 0.25) is 10.0 Å². The summed E-state index contributed by atoms with van der Waals surface area (Å²) in [5.41, 5.74) is 12.8. The second-order valence-electron chi connectivity index (χ2n) is 11.4. The average molecular weight is 598 g/mol. The summed E-state index contributed by atoms with van der Waals surface area (Å²) in [6, 6.07) is 16.7. The highest BCUT2D eigenvalue weighted by Crippen LogP contribution is 2.39. The zero-order valence-corrected chi connectivity index (χ0v) is 27.0. The van der Waals surface area contributed by atoms with Gasteiger partial charge in [0.25, 0.3) is 0 Å². The molecular formula is C36H38Cl2N4. The van der Waals surface area contributed by atoms with Crippen molar-refractivity contribution in [2.24, 2.45) is 0 Å². The Labute approximate surface area is 260 Å². The minimum Gasteiger partial charge on any atom is -0.325 e. The maximum atomic E-state index is 6.71. The molecule has 2 aromatic heterocycles. The van der Waals surface area contributed by atoms with Gasteiger partial charge in [0.2, 0.25) is 0 Å². The van der Waals surface area contributed by atoms with E-state index < -0.39 is 0 Å². The van der Waals surface area contributed by atoms with Crippen molar-refractivity contribution in [1.82, 2.24) is 9.97 Å². The lowest BCUT2D eigenvalue weighted by Gasteiger charge is -2.30. The van der Waals surface area contributed by atoms with Crippen LogP contribution in [-0.2, 0) is 0 Å². The van der Waals surface area contributed by atoms with Gasteiger partial charge in [0.15, 0.2) is 0 Å². The first-order valence-electron chi connectivity index (χ1n) is 14.4. The Kier molecular flexibility index (Phi) is 8.77. The first-order valence-corrected chi connectivity index (χ1v) is 15.1. The first kappa shape index (κ1) is 29.9. The molecule has 0 bridgehead atoms. The second kappa shape index (κ2) is 12.3. The van der Waals surface area contributed by atoms with E-state index in [1.165, 1.54) is 44.8 Å². The maximum Gasteiger partial charge on any atom is 0.113 e. The van der Waals surface area contributed by atoms with Gasteiger partial charge < -0.3 is 9.80 Å². The molecule has 0 spiro atoms. The molecule has 6 heteroatoms. The monoisotopic (exact) mass is 596 g/mol. The average Bonchev–Trinajstić information content (AvgIpc) is 3.30. The van der Waals surface area contributed by atoms with Crippen molar-refractivity contribution in [2.45, 2.75) is 54.4 Å². The topological polar surface area (TPSA) is 32.3 Å². The molecule has 0 radical (unpaired) electrons. The van der Waals surface area contributed by atoms with Crippen molar-refractivity contribution in [3.63, 3.8) is 0 Å². The highest BCUT2D eigenvalue weighted by atomic mass is 35.5. The van der Waals surface area contributed by atoms with Crippen LogP contribution in [0.15, 0.2) is 84.5 Å². The van der Waals surface area contributed by atoms with Crippen molar-refractivity contribution in [2.75, 3.05) is 22.9 Å². The van der Waals surface area contributed by atoms with Gasteiger partial charge >= 0.3 is 0 Å². The third kappa shape index (κ3) is 5.97. The van der Waals surface area contributed by atoms with Crippen LogP contribution in [0.5, 0.6) is 0 Å². The van der Waals surface area contributed by atoms with E-state index in [2.05, 4.69) is 105 Å². The molecule has 4 aromatic rings. The minimum atomic E-state index is -0.261. The standard InChI is InChI=1S/C36H38Cl2N4/c1-22-16-25(4)35(26(5)17-22)41-14-15-42(36-27(6)18-23(2)19-28(36)7)32(41)21-24(3)20-29(31-10-8-9-12-39-31)34-33(38)30(37)11-13-40-34/h8-13,16-21,29H,14-15H2,1-7H3. The van der Waals surface area contributed by atoms with Crippen LogP contribution in [0.25, 0.3) is 0 Å². The molecule has 3 heterocycles. The third-order valence-corrected chi connectivity index (χ3v) is 8.68.